The maximum atomic E-state index is 13.9. The molecule has 0 fully saturated rings. The summed E-state index contributed by atoms with van der Waals surface area (Å²) in [5.74, 6) is -1.47. The van der Waals surface area contributed by atoms with Gasteiger partial charge in [0, 0.05) is 12.2 Å². The van der Waals surface area contributed by atoms with Crippen LogP contribution < -0.4 is 10.2 Å². The number of fused-ring (bicyclic) bond motifs is 1. The van der Waals surface area contributed by atoms with Crippen molar-refractivity contribution in [3.63, 3.8) is 0 Å². The van der Waals surface area contributed by atoms with Crippen LogP contribution in [0.4, 0.5) is 5.69 Å². The van der Waals surface area contributed by atoms with Crippen LogP contribution in [0.1, 0.15) is 51.5 Å². The minimum absolute atomic E-state index is 0.0615. The third-order valence-electron chi connectivity index (χ3n) is 6.27. The number of methoxy groups -OCH3 is 1. The molecule has 0 saturated carbocycles. The summed E-state index contributed by atoms with van der Waals surface area (Å²) >= 11 is 0. The van der Waals surface area contributed by atoms with E-state index in [0.717, 1.165) is 16.7 Å². The van der Waals surface area contributed by atoms with Crippen molar-refractivity contribution < 1.29 is 19.1 Å². The maximum Gasteiger partial charge on any atom is 0.359 e. The van der Waals surface area contributed by atoms with Crippen LogP contribution in [0.15, 0.2) is 54.9 Å². The third kappa shape index (κ3) is 3.96. The number of aryl methyl sites for hydroxylation is 2. The molecule has 176 valence electrons. The number of amides is 2. The SMILES string of the molecule is CCc1ccccc1N1C(=O)c2c(C(=O)OC)ncn2C[C@@]1(C)C(=O)NCc1ccc(C)cc1. The van der Waals surface area contributed by atoms with Crippen molar-refractivity contribution in [3.8, 4) is 0 Å². The van der Waals surface area contributed by atoms with Crippen molar-refractivity contribution in [2.45, 2.75) is 45.8 Å². The van der Waals surface area contributed by atoms with E-state index in [1.807, 2.05) is 62.4 Å². The van der Waals surface area contributed by atoms with E-state index >= 15 is 0 Å². The van der Waals surface area contributed by atoms with Gasteiger partial charge in [0.25, 0.3) is 5.91 Å². The highest BCUT2D eigenvalue weighted by molar-refractivity contribution is 6.15. The predicted octanol–water partition coefficient (Wildman–Crippen LogP) is 3.28. The van der Waals surface area contributed by atoms with Crippen LogP contribution in [-0.4, -0.2) is 40.0 Å². The van der Waals surface area contributed by atoms with Gasteiger partial charge < -0.3 is 14.6 Å². The number of imidazole rings is 1. The zero-order valence-corrected chi connectivity index (χ0v) is 19.8. The molecular weight excluding hydrogens is 432 g/mol. The Hall–Kier alpha value is -3.94. The summed E-state index contributed by atoms with van der Waals surface area (Å²) in [4.78, 5) is 45.5. The average Bonchev–Trinajstić information content (AvgIpc) is 3.27. The first-order chi connectivity index (χ1) is 16.3. The number of anilines is 1. The number of nitrogens with zero attached hydrogens (tertiary/aromatic N) is 3. The largest absolute Gasteiger partial charge is 0.464 e. The van der Waals surface area contributed by atoms with Gasteiger partial charge in [-0.3, -0.25) is 14.5 Å². The molecule has 0 saturated heterocycles. The van der Waals surface area contributed by atoms with Crippen LogP contribution in [0, 0.1) is 6.92 Å². The Morgan fingerprint density at radius 3 is 2.53 bits per heavy atom. The molecule has 1 N–H and O–H groups in total. The number of esters is 1. The normalized spacial score (nSPS) is 17.3. The molecule has 1 aliphatic rings. The van der Waals surface area contributed by atoms with Gasteiger partial charge in [0.1, 0.15) is 11.2 Å². The molecule has 34 heavy (non-hydrogen) atoms. The second kappa shape index (κ2) is 9.13. The fourth-order valence-corrected chi connectivity index (χ4v) is 4.36. The molecule has 0 bridgehead atoms. The number of hydrogen-bond acceptors (Lipinski definition) is 5. The first kappa shape index (κ1) is 23.2. The lowest BCUT2D eigenvalue weighted by molar-refractivity contribution is -0.126. The summed E-state index contributed by atoms with van der Waals surface area (Å²) in [6, 6.07) is 15.4. The van der Waals surface area contributed by atoms with Crippen molar-refractivity contribution in [2.75, 3.05) is 12.0 Å². The van der Waals surface area contributed by atoms with E-state index in [4.69, 9.17) is 4.74 Å². The first-order valence-corrected chi connectivity index (χ1v) is 11.2. The van der Waals surface area contributed by atoms with Gasteiger partial charge in [-0.15, -0.1) is 0 Å². The standard InChI is InChI=1S/C26H28N4O4/c1-5-19-8-6-7-9-20(19)30-23(31)22-21(24(32)34-4)28-16-29(22)15-26(30,3)25(33)27-14-18-12-10-17(2)11-13-18/h6-13,16H,5,14-15H2,1-4H3,(H,27,33)/t26-/m0/s1. The lowest BCUT2D eigenvalue weighted by Gasteiger charge is -2.44. The Morgan fingerprint density at radius 2 is 1.85 bits per heavy atom. The van der Waals surface area contributed by atoms with Crippen LogP contribution in [0.25, 0.3) is 0 Å². The zero-order chi connectivity index (χ0) is 24.5. The van der Waals surface area contributed by atoms with Gasteiger partial charge >= 0.3 is 5.97 Å². The highest BCUT2D eigenvalue weighted by Crippen LogP contribution is 2.36. The Balaban J connectivity index is 1.77. The van der Waals surface area contributed by atoms with Crippen LogP contribution in [0.3, 0.4) is 0 Å². The van der Waals surface area contributed by atoms with Crippen LogP contribution in [0.5, 0.6) is 0 Å². The number of rotatable bonds is 6. The van der Waals surface area contributed by atoms with Crippen LogP contribution >= 0.6 is 0 Å². The van der Waals surface area contributed by atoms with Gasteiger partial charge in [-0.25, -0.2) is 9.78 Å². The van der Waals surface area contributed by atoms with Gasteiger partial charge in [-0.2, -0.15) is 0 Å². The Bertz CT molecular complexity index is 1250. The highest BCUT2D eigenvalue weighted by Gasteiger charge is 2.50. The molecular formula is C26H28N4O4. The third-order valence-corrected chi connectivity index (χ3v) is 6.27. The van der Waals surface area contributed by atoms with E-state index < -0.39 is 17.4 Å². The van der Waals surface area contributed by atoms with E-state index in [1.165, 1.54) is 18.3 Å². The van der Waals surface area contributed by atoms with Gasteiger partial charge in [0.2, 0.25) is 5.91 Å². The monoisotopic (exact) mass is 460 g/mol. The smallest absolute Gasteiger partial charge is 0.359 e. The summed E-state index contributed by atoms with van der Waals surface area (Å²) in [7, 11) is 1.24. The van der Waals surface area contributed by atoms with Crippen LogP contribution in [0.2, 0.25) is 0 Å². The zero-order valence-electron chi connectivity index (χ0n) is 19.8. The lowest BCUT2D eigenvalue weighted by Crippen LogP contribution is -2.64. The number of ether oxygens (including phenoxy) is 1. The lowest BCUT2D eigenvalue weighted by atomic mass is 9.92. The molecule has 0 aliphatic carbocycles. The summed E-state index contributed by atoms with van der Waals surface area (Å²) in [6.07, 6.45) is 2.08. The number of para-hydroxylation sites is 1. The van der Waals surface area contributed by atoms with E-state index in [-0.39, 0.29) is 23.8 Å². The number of benzene rings is 2. The molecule has 2 amide bonds. The summed E-state index contributed by atoms with van der Waals surface area (Å²) in [6.45, 7) is 6.20. The summed E-state index contributed by atoms with van der Waals surface area (Å²) in [5, 5.41) is 3.00. The fraction of sp³-hybridized carbons (Fsp3) is 0.308. The maximum absolute atomic E-state index is 13.9. The second-order valence-corrected chi connectivity index (χ2v) is 8.63. The molecule has 2 aromatic carbocycles. The number of carbonyl (C=O) groups excluding carboxylic acids is 3. The fourth-order valence-electron chi connectivity index (χ4n) is 4.36. The van der Waals surface area contributed by atoms with Crippen LogP contribution in [-0.2, 0) is 29.0 Å². The first-order valence-electron chi connectivity index (χ1n) is 11.2. The van der Waals surface area contributed by atoms with E-state index in [2.05, 4.69) is 10.3 Å². The van der Waals surface area contributed by atoms with Crippen molar-refractivity contribution >= 4 is 23.5 Å². The topological polar surface area (TPSA) is 93.5 Å². The molecule has 1 aromatic heterocycles. The van der Waals surface area contributed by atoms with Crippen molar-refractivity contribution in [1.82, 2.24) is 14.9 Å². The Morgan fingerprint density at radius 1 is 1.15 bits per heavy atom. The number of carbonyl (C=O) groups is 3. The van der Waals surface area contributed by atoms with Crippen molar-refractivity contribution in [2.24, 2.45) is 0 Å². The van der Waals surface area contributed by atoms with E-state index in [0.29, 0.717) is 18.7 Å². The average molecular weight is 461 g/mol. The molecule has 8 nitrogen and oxygen atoms in total. The van der Waals surface area contributed by atoms with Gasteiger partial charge in [-0.05, 0) is 37.5 Å². The molecule has 2 heterocycles. The molecule has 4 rings (SSSR count). The molecule has 1 aliphatic heterocycles. The molecule has 3 aromatic rings. The molecule has 0 spiro atoms. The number of hydrogen-bond donors (Lipinski definition) is 1. The summed E-state index contributed by atoms with van der Waals surface area (Å²) < 4.78 is 6.39. The minimum Gasteiger partial charge on any atom is -0.464 e. The van der Waals surface area contributed by atoms with Gasteiger partial charge in [0.15, 0.2) is 5.69 Å². The number of aromatic nitrogens is 2. The number of nitrogens with one attached hydrogen (secondary N) is 1. The van der Waals surface area contributed by atoms with Gasteiger partial charge in [0.05, 0.1) is 20.0 Å². The Kier molecular flexibility index (Phi) is 6.24. The Labute approximate surface area is 198 Å². The highest BCUT2D eigenvalue weighted by atomic mass is 16.5. The van der Waals surface area contributed by atoms with Crippen molar-refractivity contribution in [3.05, 3.63) is 82.9 Å². The molecule has 1 atom stereocenters. The summed E-state index contributed by atoms with van der Waals surface area (Å²) in [5.41, 5.74) is 2.44. The molecule has 0 unspecified atom stereocenters. The van der Waals surface area contributed by atoms with E-state index in [9.17, 15) is 14.4 Å². The minimum atomic E-state index is -1.26. The molecule has 0 radical (unpaired) electrons. The molecule has 8 heteroatoms. The second-order valence-electron chi connectivity index (χ2n) is 8.63. The quantitative estimate of drug-likeness (QED) is 0.570. The van der Waals surface area contributed by atoms with E-state index in [1.54, 1.807) is 11.5 Å². The predicted molar refractivity (Wildman–Crippen MR) is 128 cm³/mol. The van der Waals surface area contributed by atoms with Crippen molar-refractivity contribution in [1.29, 1.82) is 0 Å². The van der Waals surface area contributed by atoms with Gasteiger partial charge in [-0.1, -0.05) is 55.0 Å².